The molecule has 0 radical (unpaired) electrons. The molecule has 1 N–H and O–H groups in total. The molecule has 0 amide bonds. The van der Waals surface area contributed by atoms with Gasteiger partial charge >= 0.3 is 0 Å². The lowest BCUT2D eigenvalue weighted by Crippen LogP contribution is -2.35. The van der Waals surface area contributed by atoms with Crippen molar-refractivity contribution in [1.29, 1.82) is 0 Å². The number of rotatable bonds is 8. The third-order valence-electron chi connectivity index (χ3n) is 5.54. The number of nitrogens with one attached hydrogen (secondary N) is 1. The van der Waals surface area contributed by atoms with E-state index in [9.17, 15) is 13.2 Å². The maximum absolute atomic E-state index is 13.0. The topological polar surface area (TPSA) is 88.7 Å². The van der Waals surface area contributed by atoms with Gasteiger partial charge in [-0.25, -0.2) is 8.42 Å². The molecule has 1 aliphatic heterocycles. The predicted octanol–water partition coefficient (Wildman–Crippen LogP) is 2.82. The van der Waals surface area contributed by atoms with Crippen LogP contribution in [0, 0.1) is 6.92 Å². The Hall–Kier alpha value is -2.68. The van der Waals surface area contributed by atoms with E-state index in [4.69, 9.17) is 9.47 Å². The fourth-order valence-electron chi connectivity index (χ4n) is 3.81. The molecule has 1 aromatic heterocycles. The quantitative estimate of drug-likeness (QED) is 0.540. The SMILES string of the molecule is Cc1ccc(S(=O)(=O)C(Cc2cc3ccc(CN4CCOCC4)cc3[nH]2)OC=O)cc1. The number of benzene rings is 2. The standard InChI is InChI=1S/C23H26N2O5S/c1-17-2-6-21(7-3-17)31(27,28)23(30-16-26)14-20-13-19-5-4-18(12-22(19)24-20)15-25-8-10-29-11-9-25/h2-7,12-13,16,23-24H,8-11,14-15H2,1H3. The second-order valence-electron chi connectivity index (χ2n) is 7.83. The van der Waals surface area contributed by atoms with Gasteiger partial charge in [0.1, 0.15) is 0 Å². The number of nitrogens with zero attached hydrogens (tertiary/aromatic N) is 1. The first-order valence-electron chi connectivity index (χ1n) is 10.3. The first-order chi connectivity index (χ1) is 15.0. The first-order valence-corrected chi connectivity index (χ1v) is 11.8. The molecule has 8 heteroatoms. The fourth-order valence-corrected chi connectivity index (χ4v) is 5.22. The third-order valence-corrected chi connectivity index (χ3v) is 7.44. The molecular weight excluding hydrogens is 416 g/mol. The fraction of sp³-hybridized carbons (Fsp3) is 0.348. The van der Waals surface area contributed by atoms with Crippen molar-refractivity contribution < 1.29 is 22.7 Å². The van der Waals surface area contributed by atoms with Crippen LogP contribution in [0.3, 0.4) is 0 Å². The van der Waals surface area contributed by atoms with E-state index < -0.39 is 15.3 Å². The molecule has 1 atom stereocenters. The van der Waals surface area contributed by atoms with Crippen LogP contribution in [0.25, 0.3) is 10.9 Å². The zero-order valence-corrected chi connectivity index (χ0v) is 18.2. The van der Waals surface area contributed by atoms with Crippen molar-refractivity contribution in [1.82, 2.24) is 9.88 Å². The number of fused-ring (bicyclic) bond motifs is 1. The third kappa shape index (κ3) is 4.98. The highest BCUT2D eigenvalue weighted by molar-refractivity contribution is 7.92. The Bertz CT molecular complexity index is 1150. The van der Waals surface area contributed by atoms with Gasteiger partial charge in [0.15, 0.2) is 0 Å². The Morgan fingerprint density at radius 1 is 1.13 bits per heavy atom. The van der Waals surface area contributed by atoms with Crippen molar-refractivity contribution >= 4 is 27.2 Å². The van der Waals surface area contributed by atoms with Crippen LogP contribution in [-0.4, -0.2) is 56.5 Å². The van der Waals surface area contributed by atoms with Gasteiger partial charge in [-0.15, -0.1) is 0 Å². The lowest BCUT2D eigenvalue weighted by Gasteiger charge is -2.26. The van der Waals surface area contributed by atoms with Crippen LogP contribution in [0.15, 0.2) is 53.4 Å². The summed E-state index contributed by atoms with van der Waals surface area (Å²) < 4.78 is 36.4. The smallest absolute Gasteiger partial charge is 0.294 e. The lowest BCUT2D eigenvalue weighted by atomic mass is 10.1. The van der Waals surface area contributed by atoms with E-state index in [0.29, 0.717) is 5.69 Å². The summed E-state index contributed by atoms with van der Waals surface area (Å²) in [5.74, 6) is 0. The molecule has 0 spiro atoms. The summed E-state index contributed by atoms with van der Waals surface area (Å²) in [6.07, 6.45) is 0.0441. The average molecular weight is 443 g/mol. The number of hydrogen-bond donors (Lipinski definition) is 1. The maximum atomic E-state index is 13.0. The van der Waals surface area contributed by atoms with E-state index in [2.05, 4.69) is 22.0 Å². The zero-order valence-electron chi connectivity index (χ0n) is 17.4. The largest absolute Gasteiger partial charge is 0.447 e. The van der Waals surface area contributed by atoms with Gasteiger partial charge in [0.2, 0.25) is 15.3 Å². The van der Waals surface area contributed by atoms with Gasteiger partial charge in [0.05, 0.1) is 18.1 Å². The Morgan fingerprint density at radius 3 is 2.58 bits per heavy atom. The van der Waals surface area contributed by atoms with E-state index >= 15 is 0 Å². The van der Waals surface area contributed by atoms with Gasteiger partial charge in [-0.2, -0.15) is 0 Å². The van der Waals surface area contributed by atoms with E-state index in [1.54, 1.807) is 12.1 Å². The van der Waals surface area contributed by atoms with Crippen LogP contribution in [0.1, 0.15) is 16.8 Å². The number of carbonyl (C=O) groups excluding carboxylic acids is 1. The summed E-state index contributed by atoms with van der Waals surface area (Å²) in [7, 11) is -3.83. The average Bonchev–Trinajstić information content (AvgIpc) is 3.16. The Balaban J connectivity index is 1.55. The molecule has 1 fully saturated rings. The number of ether oxygens (including phenoxy) is 2. The molecule has 0 saturated carbocycles. The van der Waals surface area contributed by atoms with Gasteiger partial charge in [-0.3, -0.25) is 9.69 Å². The molecule has 1 aliphatic rings. The van der Waals surface area contributed by atoms with Crippen molar-refractivity contribution in [2.75, 3.05) is 26.3 Å². The van der Waals surface area contributed by atoms with E-state index in [0.717, 1.165) is 49.3 Å². The van der Waals surface area contributed by atoms with Crippen molar-refractivity contribution in [2.24, 2.45) is 0 Å². The molecule has 31 heavy (non-hydrogen) atoms. The summed E-state index contributed by atoms with van der Waals surface area (Å²) in [5, 5.41) is 0.985. The number of sulfone groups is 1. The molecule has 0 aliphatic carbocycles. The van der Waals surface area contributed by atoms with Crippen LogP contribution in [-0.2, 0) is 37.1 Å². The molecule has 0 bridgehead atoms. The Labute approximate surface area is 181 Å². The number of aromatic nitrogens is 1. The predicted molar refractivity (Wildman–Crippen MR) is 117 cm³/mol. The maximum Gasteiger partial charge on any atom is 0.294 e. The number of morpholine rings is 1. The second-order valence-corrected chi connectivity index (χ2v) is 9.92. The van der Waals surface area contributed by atoms with Crippen LogP contribution in [0.2, 0.25) is 0 Å². The summed E-state index contributed by atoms with van der Waals surface area (Å²) in [6, 6.07) is 14.6. The summed E-state index contributed by atoms with van der Waals surface area (Å²) in [5.41, 5.74) is 2.46. The molecule has 7 nitrogen and oxygen atoms in total. The van der Waals surface area contributed by atoms with Gasteiger partial charge in [-0.05, 0) is 42.1 Å². The minimum Gasteiger partial charge on any atom is -0.447 e. The molecule has 3 aromatic rings. The first kappa shape index (κ1) is 21.5. The highest BCUT2D eigenvalue weighted by atomic mass is 32.2. The van der Waals surface area contributed by atoms with E-state index in [1.165, 1.54) is 17.7 Å². The monoisotopic (exact) mass is 442 g/mol. The van der Waals surface area contributed by atoms with Crippen LogP contribution in [0.5, 0.6) is 0 Å². The zero-order chi connectivity index (χ0) is 21.8. The van der Waals surface area contributed by atoms with Gasteiger partial charge in [-0.1, -0.05) is 29.8 Å². The second kappa shape index (κ2) is 9.21. The number of aromatic amines is 1. The van der Waals surface area contributed by atoms with Gasteiger partial charge < -0.3 is 14.5 Å². The van der Waals surface area contributed by atoms with Crippen molar-refractivity contribution in [3.8, 4) is 0 Å². The van der Waals surface area contributed by atoms with Gasteiger partial charge in [0, 0.05) is 37.3 Å². The van der Waals surface area contributed by atoms with Crippen molar-refractivity contribution in [2.45, 2.75) is 30.2 Å². The molecule has 164 valence electrons. The number of carbonyl (C=O) groups is 1. The molecule has 4 rings (SSSR count). The van der Waals surface area contributed by atoms with Crippen molar-refractivity contribution in [3.05, 3.63) is 65.4 Å². The Kier molecular flexibility index (Phi) is 6.41. The molecule has 1 saturated heterocycles. The molecule has 2 heterocycles. The van der Waals surface area contributed by atoms with E-state index in [-0.39, 0.29) is 17.8 Å². The summed E-state index contributed by atoms with van der Waals surface area (Å²) in [6.45, 7) is 6.25. The van der Waals surface area contributed by atoms with Crippen molar-refractivity contribution in [3.63, 3.8) is 0 Å². The highest BCUT2D eigenvalue weighted by Crippen LogP contribution is 2.24. The lowest BCUT2D eigenvalue weighted by molar-refractivity contribution is -0.130. The summed E-state index contributed by atoms with van der Waals surface area (Å²) in [4.78, 5) is 16.8. The summed E-state index contributed by atoms with van der Waals surface area (Å²) >= 11 is 0. The molecule has 1 unspecified atom stereocenters. The van der Waals surface area contributed by atoms with Crippen LogP contribution in [0.4, 0.5) is 0 Å². The Morgan fingerprint density at radius 2 is 1.87 bits per heavy atom. The number of hydrogen-bond acceptors (Lipinski definition) is 6. The minimum absolute atomic E-state index is 0.0441. The minimum atomic E-state index is -3.83. The molecule has 2 aromatic carbocycles. The highest BCUT2D eigenvalue weighted by Gasteiger charge is 2.30. The molecular formula is C23H26N2O5S. The van der Waals surface area contributed by atoms with Crippen LogP contribution < -0.4 is 0 Å². The normalized spacial score (nSPS) is 16.3. The number of H-pyrrole nitrogens is 1. The van der Waals surface area contributed by atoms with E-state index in [1.807, 2.05) is 19.1 Å². The van der Waals surface area contributed by atoms with Crippen LogP contribution >= 0.6 is 0 Å². The van der Waals surface area contributed by atoms with Gasteiger partial charge in [0.25, 0.3) is 6.47 Å². The number of aryl methyl sites for hydroxylation is 1.